The summed E-state index contributed by atoms with van der Waals surface area (Å²) in [5.41, 5.74) is 9.89. The number of aromatic nitrogens is 2. The quantitative estimate of drug-likeness (QED) is 0.643. The van der Waals surface area contributed by atoms with Crippen molar-refractivity contribution in [3.63, 3.8) is 0 Å². The molecule has 0 radical (unpaired) electrons. The van der Waals surface area contributed by atoms with Crippen LogP contribution in [0.2, 0.25) is 0 Å². The number of nitrogens with zero attached hydrogens (tertiary/aromatic N) is 4. The Kier molecular flexibility index (Phi) is 5.61. The maximum Gasteiger partial charge on any atom is 0.252 e. The molecule has 2 aliphatic heterocycles. The highest BCUT2D eigenvalue weighted by molar-refractivity contribution is 5.97. The molecule has 2 aliphatic rings. The number of carbonyl (C=O) groups excluding carboxylic acids is 1. The summed E-state index contributed by atoms with van der Waals surface area (Å²) in [6, 6.07) is 12.6. The molecule has 7 heteroatoms. The number of piperazine rings is 1. The number of nitrogens with one attached hydrogen (secondary N) is 1. The van der Waals surface area contributed by atoms with Gasteiger partial charge in [-0.3, -0.25) is 14.6 Å². The molecule has 0 saturated carbocycles. The molecule has 1 aromatic carbocycles. The molecule has 2 fully saturated rings. The lowest BCUT2D eigenvalue weighted by Crippen LogP contribution is -2.46. The minimum atomic E-state index is -0.422. The molecule has 5 rings (SSSR count). The highest BCUT2D eigenvalue weighted by Gasteiger charge is 2.22. The number of anilines is 1. The van der Waals surface area contributed by atoms with Crippen LogP contribution in [0, 0.1) is 0 Å². The van der Waals surface area contributed by atoms with Gasteiger partial charge >= 0.3 is 0 Å². The first kappa shape index (κ1) is 20.0. The van der Waals surface area contributed by atoms with Gasteiger partial charge in [-0.1, -0.05) is 6.07 Å². The smallest absolute Gasteiger partial charge is 0.252 e. The Morgan fingerprint density at radius 1 is 0.968 bits per heavy atom. The minimum absolute atomic E-state index is 0.422. The molecule has 4 heterocycles. The lowest BCUT2D eigenvalue weighted by atomic mass is 10.1. The van der Waals surface area contributed by atoms with Crippen molar-refractivity contribution < 1.29 is 4.79 Å². The number of rotatable bonds is 6. The van der Waals surface area contributed by atoms with Crippen molar-refractivity contribution in [3.8, 4) is 0 Å². The summed E-state index contributed by atoms with van der Waals surface area (Å²) in [7, 11) is 0. The van der Waals surface area contributed by atoms with E-state index in [-0.39, 0.29) is 0 Å². The molecule has 162 valence electrons. The molecule has 0 bridgehead atoms. The van der Waals surface area contributed by atoms with Gasteiger partial charge in [-0.15, -0.1) is 0 Å². The van der Waals surface area contributed by atoms with Crippen molar-refractivity contribution in [2.75, 3.05) is 44.2 Å². The van der Waals surface area contributed by atoms with Crippen LogP contribution in [0.5, 0.6) is 0 Å². The zero-order valence-corrected chi connectivity index (χ0v) is 17.9. The van der Waals surface area contributed by atoms with E-state index in [0.29, 0.717) is 11.4 Å². The number of fused-ring (bicyclic) bond motifs is 1. The molecule has 2 aromatic heterocycles. The number of primary amides is 1. The number of pyridine rings is 1. The second-order valence-corrected chi connectivity index (χ2v) is 8.70. The fraction of sp³-hybridized carbons (Fsp3) is 0.417. The van der Waals surface area contributed by atoms with Crippen LogP contribution in [0.4, 0.5) is 5.82 Å². The van der Waals surface area contributed by atoms with Crippen molar-refractivity contribution in [3.05, 3.63) is 59.4 Å². The van der Waals surface area contributed by atoms with Gasteiger partial charge in [0, 0.05) is 62.1 Å². The van der Waals surface area contributed by atoms with E-state index in [0.717, 1.165) is 39.3 Å². The summed E-state index contributed by atoms with van der Waals surface area (Å²) in [4.78, 5) is 26.9. The van der Waals surface area contributed by atoms with Gasteiger partial charge in [0.05, 0.1) is 5.56 Å². The fourth-order valence-corrected chi connectivity index (χ4v) is 4.82. The van der Waals surface area contributed by atoms with Crippen molar-refractivity contribution in [2.24, 2.45) is 5.73 Å². The highest BCUT2D eigenvalue weighted by Crippen LogP contribution is 2.22. The largest absolute Gasteiger partial charge is 0.365 e. The SMILES string of the molecule is NC(=O)c1cccnc1N1CCN(Cc2ccc3[nH]c(CN4CCCC4)cc3c2)CC1. The van der Waals surface area contributed by atoms with Crippen molar-refractivity contribution in [2.45, 2.75) is 25.9 Å². The summed E-state index contributed by atoms with van der Waals surface area (Å²) >= 11 is 0. The predicted molar refractivity (Wildman–Crippen MR) is 123 cm³/mol. The van der Waals surface area contributed by atoms with Crippen LogP contribution in [-0.4, -0.2) is 64.9 Å². The van der Waals surface area contributed by atoms with Gasteiger partial charge < -0.3 is 15.6 Å². The molecule has 1 amide bonds. The lowest BCUT2D eigenvalue weighted by Gasteiger charge is -2.36. The van der Waals surface area contributed by atoms with Gasteiger partial charge in [0.1, 0.15) is 5.82 Å². The summed E-state index contributed by atoms with van der Waals surface area (Å²) < 4.78 is 0. The summed E-state index contributed by atoms with van der Waals surface area (Å²) in [5, 5.41) is 1.30. The van der Waals surface area contributed by atoms with Crippen LogP contribution in [0.25, 0.3) is 10.9 Å². The zero-order valence-electron chi connectivity index (χ0n) is 17.9. The van der Waals surface area contributed by atoms with Crippen molar-refractivity contribution in [1.82, 2.24) is 19.8 Å². The number of nitrogens with two attached hydrogens (primary N) is 1. The second-order valence-electron chi connectivity index (χ2n) is 8.70. The molecule has 0 aliphatic carbocycles. The van der Waals surface area contributed by atoms with Crippen molar-refractivity contribution in [1.29, 1.82) is 0 Å². The van der Waals surface area contributed by atoms with Crippen LogP contribution >= 0.6 is 0 Å². The van der Waals surface area contributed by atoms with E-state index in [1.54, 1.807) is 18.3 Å². The lowest BCUT2D eigenvalue weighted by molar-refractivity contribution is 0.1000. The Morgan fingerprint density at radius 3 is 2.52 bits per heavy atom. The third kappa shape index (κ3) is 4.43. The standard InChI is InChI=1S/C24H30N6O/c25-23(31)21-4-3-7-26-24(21)30-12-10-29(11-13-30)16-18-5-6-22-19(14-18)15-20(27-22)17-28-8-1-2-9-28/h3-7,14-15,27H,1-2,8-13,16-17H2,(H2,25,31). The van der Waals surface area contributed by atoms with Crippen LogP contribution in [0.1, 0.15) is 34.5 Å². The Hall–Kier alpha value is -2.90. The van der Waals surface area contributed by atoms with Crippen LogP contribution in [0.15, 0.2) is 42.6 Å². The van der Waals surface area contributed by atoms with Gasteiger partial charge in [-0.05, 0) is 61.8 Å². The van der Waals surface area contributed by atoms with E-state index < -0.39 is 5.91 Å². The maximum absolute atomic E-state index is 11.7. The van der Waals surface area contributed by atoms with Crippen LogP contribution < -0.4 is 10.6 Å². The molecule has 3 N–H and O–H groups in total. The van der Waals surface area contributed by atoms with E-state index in [1.165, 1.54) is 48.1 Å². The topological polar surface area (TPSA) is 81.5 Å². The number of aromatic amines is 1. The monoisotopic (exact) mass is 418 g/mol. The van der Waals surface area contributed by atoms with Gasteiger partial charge in [0.15, 0.2) is 0 Å². The predicted octanol–water partition coefficient (Wildman–Crippen LogP) is 2.58. The molecule has 3 aromatic rings. The normalized spacial score (nSPS) is 18.1. The first-order chi connectivity index (χ1) is 15.2. The number of amides is 1. The fourth-order valence-electron chi connectivity index (χ4n) is 4.82. The summed E-state index contributed by atoms with van der Waals surface area (Å²) in [6.45, 7) is 7.92. The Labute approximate surface area is 182 Å². The molecule has 31 heavy (non-hydrogen) atoms. The minimum Gasteiger partial charge on any atom is -0.365 e. The number of H-pyrrole nitrogens is 1. The Bertz CT molecular complexity index is 1060. The van der Waals surface area contributed by atoms with Gasteiger partial charge in [-0.25, -0.2) is 4.98 Å². The Morgan fingerprint density at radius 2 is 1.74 bits per heavy atom. The van der Waals surface area contributed by atoms with E-state index in [4.69, 9.17) is 5.73 Å². The number of carbonyl (C=O) groups is 1. The van der Waals surface area contributed by atoms with Gasteiger partial charge in [0.2, 0.25) is 0 Å². The molecule has 2 saturated heterocycles. The summed E-state index contributed by atoms with van der Waals surface area (Å²) in [5.74, 6) is 0.281. The third-order valence-electron chi connectivity index (χ3n) is 6.46. The molecule has 0 spiro atoms. The molecular weight excluding hydrogens is 388 g/mol. The first-order valence-electron chi connectivity index (χ1n) is 11.2. The molecule has 0 unspecified atom stereocenters. The zero-order chi connectivity index (χ0) is 21.2. The van der Waals surface area contributed by atoms with Gasteiger partial charge in [-0.2, -0.15) is 0 Å². The average molecular weight is 419 g/mol. The number of likely N-dealkylation sites (tertiary alicyclic amines) is 1. The van der Waals surface area contributed by atoms with E-state index >= 15 is 0 Å². The second kappa shape index (κ2) is 8.69. The van der Waals surface area contributed by atoms with Crippen LogP contribution in [0.3, 0.4) is 0 Å². The number of hydrogen-bond acceptors (Lipinski definition) is 5. The molecule has 7 nitrogen and oxygen atoms in total. The highest BCUT2D eigenvalue weighted by atomic mass is 16.1. The number of benzene rings is 1. The van der Waals surface area contributed by atoms with Crippen LogP contribution in [-0.2, 0) is 13.1 Å². The van der Waals surface area contributed by atoms with E-state index in [1.807, 2.05) is 0 Å². The van der Waals surface area contributed by atoms with E-state index in [2.05, 4.69) is 48.9 Å². The molecular formula is C24H30N6O. The number of hydrogen-bond donors (Lipinski definition) is 2. The molecule has 0 atom stereocenters. The van der Waals surface area contributed by atoms with E-state index in [9.17, 15) is 4.79 Å². The first-order valence-corrected chi connectivity index (χ1v) is 11.2. The Balaban J connectivity index is 1.21. The average Bonchev–Trinajstić information content (AvgIpc) is 3.43. The van der Waals surface area contributed by atoms with Gasteiger partial charge in [0.25, 0.3) is 5.91 Å². The van der Waals surface area contributed by atoms with Crippen molar-refractivity contribution >= 4 is 22.6 Å². The summed E-state index contributed by atoms with van der Waals surface area (Å²) in [6.07, 6.45) is 4.36. The third-order valence-corrected chi connectivity index (χ3v) is 6.46. The maximum atomic E-state index is 11.7.